The highest BCUT2D eigenvalue weighted by atomic mass is 19.2. The van der Waals surface area contributed by atoms with Crippen LogP contribution in [0.1, 0.15) is 44.1 Å². The quantitative estimate of drug-likeness (QED) is 0.612. The van der Waals surface area contributed by atoms with Crippen molar-refractivity contribution in [2.24, 2.45) is 5.92 Å². The van der Waals surface area contributed by atoms with Crippen LogP contribution in [-0.4, -0.2) is 6.61 Å². The third-order valence-electron chi connectivity index (χ3n) is 4.96. The maximum Gasteiger partial charge on any atom is 0.175 e. The van der Waals surface area contributed by atoms with Crippen LogP contribution in [0, 0.1) is 23.4 Å². The monoisotopic (exact) mass is 334 g/mol. The van der Waals surface area contributed by atoms with Crippen LogP contribution in [0.4, 0.5) is 13.2 Å². The molecule has 24 heavy (non-hydrogen) atoms. The highest BCUT2D eigenvalue weighted by molar-refractivity contribution is 5.86. The third kappa shape index (κ3) is 2.90. The van der Waals surface area contributed by atoms with Gasteiger partial charge in [-0.1, -0.05) is 12.1 Å². The first-order valence-electron chi connectivity index (χ1n) is 8.42. The maximum absolute atomic E-state index is 14.6. The van der Waals surface area contributed by atoms with Crippen molar-refractivity contribution in [3.8, 4) is 5.75 Å². The molecular weight excluding hydrogens is 313 g/mol. The molecule has 0 atom stereocenters. The second-order valence-corrected chi connectivity index (χ2v) is 6.35. The summed E-state index contributed by atoms with van der Waals surface area (Å²) in [6.07, 6.45) is 5.35. The fraction of sp³-hybridized carbons (Fsp3) is 0.400. The molecule has 0 spiro atoms. The molecule has 0 bridgehead atoms. The summed E-state index contributed by atoms with van der Waals surface area (Å²) in [5.41, 5.74) is 0.353. The summed E-state index contributed by atoms with van der Waals surface area (Å²) in [5, 5.41) is 0.0395. The first-order chi connectivity index (χ1) is 11.6. The van der Waals surface area contributed by atoms with Crippen LogP contribution in [0.25, 0.3) is 10.8 Å². The highest BCUT2D eigenvalue weighted by Crippen LogP contribution is 2.40. The lowest BCUT2D eigenvalue weighted by atomic mass is 9.78. The van der Waals surface area contributed by atoms with E-state index in [1.54, 1.807) is 19.1 Å². The Morgan fingerprint density at radius 1 is 1.08 bits per heavy atom. The Bertz CT molecular complexity index is 761. The van der Waals surface area contributed by atoms with E-state index in [1.165, 1.54) is 6.07 Å². The Balaban J connectivity index is 2.04. The van der Waals surface area contributed by atoms with Gasteiger partial charge in [-0.3, -0.25) is 0 Å². The van der Waals surface area contributed by atoms with Crippen LogP contribution in [0.5, 0.6) is 5.75 Å². The van der Waals surface area contributed by atoms with Gasteiger partial charge in [0.1, 0.15) is 0 Å². The van der Waals surface area contributed by atoms with Crippen molar-refractivity contribution in [1.82, 2.24) is 0 Å². The number of rotatable bonds is 4. The van der Waals surface area contributed by atoms with Crippen LogP contribution >= 0.6 is 0 Å². The molecule has 1 fully saturated rings. The van der Waals surface area contributed by atoms with Gasteiger partial charge in [-0.2, -0.15) is 0 Å². The number of halogens is 3. The number of fused-ring (bicyclic) bond motifs is 1. The molecule has 128 valence electrons. The van der Waals surface area contributed by atoms with Crippen molar-refractivity contribution in [3.05, 3.63) is 53.9 Å². The Labute approximate surface area is 140 Å². The Kier molecular flexibility index (Phi) is 4.83. The van der Waals surface area contributed by atoms with Gasteiger partial charge in [-0.25, -0.2) is 13.2 Å². The lowest BCUT2D eigenvalue weighted by Gasteiger charge is -2.27. The summed E-state index contributed by atoms with van der Waals surface area (Å²) in [7, 11) is 0. The largest absolute Gasteiger partial charge is 0.491 e. The summed E-state index contributed by atoms with van der Waals surface area (Å²) in [5.74, 6) is -2.53. The van der Waals surface area contributed by atoms with E-state index in [2.05, 4.69) is 6.58 Å². The Hall–Kier alpha value is -1.97. The van der Waals surface area contributed by atoms with Gasteiger partial charge in [-0.05, 0) is 67.5 Å². The predicted molar refractivity (Wildman–Crippen MR) is 89.9 cm³/mol. The molecule has 1 saturated carbocycles. The molecule has 0 unspecified atom stereocenters. The molecular formula is C20H21F3O. The standard InChI is InChI=1S/C20H21F3O/c1-3-12-5-7-13(8-6-12)15-11-14-9-10-16(24-4-2)19(22)17(14)20(23)18(15)21/h3,9-13H,1,4-8H2,2H3. The minimum Gasteiger partial charge on any atom is -0.491 e. The molecule has 1 nitrogen and oxygen atoms in total. The molecule has 2 aromatic carbocycles. The Morgan fingerprint density at radius 3 is 2.42 bits per heavy atom. The number of benzene rings is 2. The van der Waals surface area contributed by atoms with Gasteiger partial charge in [0.05, 0.1) is 12.0 Å². The second kappa shape index (κ2) is 6.88. The number of hydrogen-bond acceptors (Lipinski definition) is 1. The number of hydrogen-bond donors (Lipinski definition) is 0. The summed E-state index contributed by atoms with van der Waals surface area (Å²) in [6, 6.07) is 4.65. The van der Waals surface area contributed by atoms with E-state index in [4.69, 9.17) is 4.74 Å². The number of ether oxygens (including phenoxy) is 1. The molecule has 0 saturated heterocycles. The van der Waals surface area contributed by atoms with Crippen molar-refractivity contribution >= 4 is 10.8 Å². The molecule has 0 amide bonds. The third-order valence-corrected chi connectivity index (χ3v) is 4.96. The smallest absolute Gasteiger partial charge is 0.175 e. The summed E-state index contributed by atoms with van der Waals surface area (Å²) in [4.78, 5) is 0. The van der Waals surface area contributed by atoms with Crippen molar-refractivity contribution in [1.29, 1.82) is 0 Å². The molecule has 0 radical (unpaired) electrons. The van der Waals surface area contributed by atoms with Gasteiger partial charge >= 0.3 is 0 Å². The zero-order valence-electron chi connectivity index (χ0n) is 13.7. The zero-order valence-corrected chi connectivity index (χ0v) is 13.7. The predicted octanol–water partition coefficient (Wildman–Crippen LogP) is 6.12. The molecule has 0 aromatic heterocycles. The molecule has 0 heterocycles. The molecule has 0 aliphatic heterocycles. The minimum absolute atomic E-state index is 0.0327. The average molecular weight is 334 g/mol. The minimum atomic E-state index is -1.12. The van der Waals surface area contributed by atoms with E-state index in [1.807, 2.05) is 6.08 Å². The zero-order chi connectivity index (χ0) is 17.3. The van der Waals surface area contributed by atoms with E-state index in [0.717, 1.165) is 25.7 Å². The van der Waals surface area contributed by atoms with Gasteiger partial charge in [-0.15, -0.1) is 6.58 Å². The molecule has 4 heteroatoms. The van der Waals surface area contributed by atoms with E-state index in [9.17, 15) is 13.2 Å². The van der Waals surface area contributed by atoms with E-state index in [0.29, 0.717) is 16.9 Å². The van der Waals surface area contributed by atoms with Crippen LogP contribution in [-0.2, 0) is 0 Å². The maximum atomic E-state index is 14.6. The van der Waals surface area contributed by atoms with Gasteiger partial charge in [0.25, 0.3) is 0 Å². The molecule has 0 N–H and O–H groups in total. The molecule has 2 aromatic rings. The van der Waals surface area contributed by atoms with Crippen molar-refractivity contribution < 1.29 is 17.9 Å². The number of allylic oxidation sites excluding steroid dienone is 1. The van der Waals surface area contributed by atoms with Gasteiger partial charge in [0.15, 0.2) is 23.2 Å². The van der Waals surface area contributed by atoms with E-state index < -0.39 is 17.5 Å². The van der Waals surface area contributed by atoms with Gasteiger partial charge in [0, 0.05) is 0 Å². The van der Waals surface area contributed by atoms with Crippen LogP contribution < -0.4 is 4.74 Å². The average Bonchev–Trinajstić information content (AvgIpc) is 2.60. The second-order valence-electron chi connectivity index (χ2n) is 6.35. The van der Waals surface area contributed by atoms with Crippen molar-refractivity contribution in [2.75, 3.05) is 6.61 Å². The first kappa shape index (κ1) is 16.9. The molecule has 1 aliphatic carbocycles. The van der Waals surface area contributed by atoms with Crippen LogP contribution in [0.3, 0.4) is 0 Å². The lowest BCUT2D eigenvalue weighted by Crippen LogP contribution is -2.13. The summed E-state index contributed by atoms with van der Waals surface area (Å²) >= 11 is 0. The molecule has 3 rings (SSSR count). The molecule has 1 aliphatic rings. The first-order valence-corrected chi connectivity index (χ1v) is 8.42. The summed E-state index contributed by atoms with van der Waals surface area (Å²) < 4.78 is 48.7. The lowest BCUT2D eigenvalue weighted by molar-refractivity contribution is 0.322. The highest BCUT2D eigenvalue weighted by Gasteiger charge is 2.27. The van der Waals surface area contributed by atoms with E-state index in [-0.39, 0.29) is 23.7 Å². The Morgan fingerprint density at radius 2 is 1.79 bits per heavy atom. The van der Waals surface area contributed by atoms with Crippen molar-refractivity contribution in [3.63, 3.8) is 0 Å². The normalized spacial score (nSPS) is 21.0. The van der Waals surface area contributed by atoms with Gasteiger partial charge in [0.2, 0.25) is 0 Å². The SMILES string of the molecule is C=CC1CCC(c2cc3ccc(OCC)c(F)c3c(F)c2F)CC1. The fourth-order valence-corrected chi connectivity index (χ4v) is 3.61. The summed E-state index contributed by atoms with van der Waals surface area (Å²) in [6.45, 7) is 5.77. The van der Waals surface area contributed by atoms with Crippen molar-refractivity contribution in [2.45, 2.75) is 38.5 Å². The topological polar surface area (TPSA) is 9.23 Å². The van der Waals surface area contributed by atoms with Gasteiger partial charge < -0.3 is 4.74 Å². The van der Waals surface area contributed by atoms with Crippen LogP contribution in [0.15, 0.2) is 30.9 Å². The van der Waals surface area contributed by atoms with E-state index >= 15 is 0 Å². The van der Waals surface area contributed by atoms with Crippen LogP contribution in [0.2, 0.25) is 0 Å². The fourth-order valence-electron chi connectivity index (χ4n) is 3.61.